The molecule has 30 heavy (non-hydrogen) atoms. The van der Waals surface area contributed by atoms with Gasteiger partial charge < -0.3 is 15.3 Å². The van der Waals surface area contributed by atoms with Gasteiger partial charge >= 0.3 is 0 Å². The van der Waals surface area contributed by atoms with Gasteiger partial charge in [-0.1, -0.05) is 69.2 Å². The number of hydrogen-bond donors (Lipinski definition) is 3. The van der Waals surface area contributed by atoms with Crippen molar-refractivity contribution in [2.45, 2.75) is 96.3 Å². The highest BCUT2D eigenvalue weighted by molar-refractivity contribution is 5.68. The second-order valence-corrected chi connectivity index (χ2v) is 8.42. The molecule has 0 aliphatic heterocycles. The Balaban J connectivity index is 2.20. The number of hydrogen-bond acceptors (Lipinski definition) is 3. The second kappa shape index (κ2) is 12.9. The van der Waals surface area contributed by atoms with Crippen molar-refractivity contribution in [3.8, 4) is 0 Å². The van der Waals surface area contributed by atoms with Crippen LogP contribution in [-0.2, 0) is 6.42 Å². The molecule has 0 amide bonds. The fourth-order valence-corrected chi connectivity index (χ4v) is 3.72. The number of aliphatic hydroxyl groups excluding tert-OH is 3. The number of rotatable bonds is 11. The Morgan fingerprint density at radius 3 is 2.83 bits per heavy atom. The Hall–Kier alpha value is -1.68. The molecular weight excluding hydrogens is 372 g/mol. The molecule has 0 bridgehead atoms. The number of aryl methyl sites for hydroxylation is 1. The van der Waals surface area contributed by atoms with Gasteiger partial charge in [0.2, 0.25) is 0 Å². The van der Waals surface area contributed by atoms with Crippen molar-refractivity contribution in [1.29, 1.82) is 0 Å². The Morgan fingerprint density at radius 1 is 1.30 bits per heavy atom. The molecule has 0 radical (unpaired) electrons. The molecule has 5 atom stereocenters. The standard InChI is InChI=1S/C27H40O3/c1-4-5-13-23(15-16-24-18-26(29)19-27(30)21(24)3)25-14-9-12-22(17-25)11-8-6-7-10-20(2)28/h9,12,14-17,20,26-30H,3-8,10-11,13,18-19H2,1-2H3/b23-15+,24-16?/t20?,26-,27+/m1/s1/i6D,8D/t6?,8?,20?,26-,27+. The van der Waals surface area contributed by atoms with Crippen LogP contribution in [0.3, 0.4) is 0 Å². The van der Waals surface area contributed by atoms with Crippen LogP contribution in [0, 0.1) is 0 Å². The van der Waals surface area contributed by atoms with Gasteiger partial charge in [-0.3, -0.25) is 0 Å². The SMILES string of the molecule is [2H]C(CCC(C)O)C([2H])Cc1cccc(/C(=C/C=C2C[C@@H](O)C[C@H](O)C2=C)CCCC)c1. The maximum atomic E-state index is 10.1. The molecule has 3 nitrogen and oxygen atoms in total. The lowest BCUT2D eigenvalue weighted by atomic mass is 9.85. The molecular formula is C27H40O3. The molecule has 1 aromatic rings. The van der Waals surface area contributed by atoms with E-state index in [0.29, 0.717) is 37.7 Å². The van der Waals surface area contributed by atoms with E-state index in [4.69, 9.17) is 2.74 Å². The first-order valence-corrected chi connectivity index (χ1v) is 11.3. The van der Waals surface area contributed by atoms with Crippen LogP contribution in [0.25, 0.3) is 5.57 Å². The van der Waals surface area contributed by atoms with Crippen LogP contribution in [0.4, 0.5) is 0 Å². The highest BCUT2D eigenvalue weighted by atomic mass is 16.3. The summed E-state index contributed by atoms with van der Waals surface area (Å²) in [6, 6.07) is 8.21. The van der Waals surface area contributed by atoms with Crippen molar-refractivity contribution >= 4 is 5.57 Å². The predicted octanol–water partition coefficient (Wildman–Crippen LogP) is 5.74. The summed E-state index contributed by atoms with van der Waals surface area (Å²) in [6.45, 7) is 7.88. The first kappa shape index (κ1) is 21.5. The van der Waals surface area contributed by atoms with Gasteiger partial charge in [0.25, 0.3) is 0 Å². The summed E-state index contributed by atoms with van der Waals surface area (Å²) in [5, 5.41) is 29.6. The van der Waals surface area contributed by atoms with Gasteiger partial charge in [0.05, 0.1) is 18.3 Å². The largest absolute Gasteiger partial charge is 0.393 e. The van der Waals surface area contributed by atoms with E-state index in [9.17, 15) is 15.3 Å². The summed E-state index contributed by atoms with van der Waals surface area (Å²) < 4.78 is 16.6. The van der Waals surface area contributed by atoms with E-state index in [1.807, 2.05) is 18.2 Å². The van der Waals surface area contributed by atoms with Crippen molar-refractivity contribution in [2.24, 2.45) is 0 Å². The third kappa shape index (κ3) is 8.22. The molecule has 1 saturated carbocycles. The van der Waals surface area contributed by atoms with Crippen LogP contribution in [0.1, 0.15) is 85.5 Å². The van der Waals surface area contributed by atoms with Gasteiger partial charge in [0, 0.05) is 9.16 Å². The van der Waals surface area contributed by atoms with E-state index in [0.717, 1.165) is 36.0 Å². The smallest absolute Gasteiger partial charge is 0.0811 e. The van der Waals surface area contributed by atoms with E-state index < -0.39 is 31.1 Å². The minimum atomic E-state index is -0.693. The van der Waals surface area contributed by atoms with Gasteiger partial charge in [-0.15, -0.1) is 0 Å². The first-order valence-electron chi connectivity index (χ1n) is 12.4. The topological polar surface area (TPSA) is 60.7 Å². The van der Waals surface area contributed by atoms with Gasteiger partial charge in [0.1, 0.15) is 0 Å². The van der Waals surface area contributed by atoms with E-state index in [2.05, 4.69) is 31.7 Å². The molecule has 0 heterocycles. The second-order valence-electron chi connectivity index (χ2n) is 8.42. The van der Waals surface area contributed by atoms with Crippen molar-refractivity contribution in [3.05, 3.63) is 65.3 Å². The number of aliphatic hydroxyl groups is 3. The molecule has 1 aromatic carbocycles. The van der Waals surface area contributed by atoms with E-state index in [1.165, 1.54) is 5.57 Å². The summed E-state index contributed by atoms with van der Waals surface area (Å²) >= 11 is 0. The maximum absolute atomic E-state index is 10.1. The molecule has 0 aromatic heterocycles. The lowest BCUT2D eigenvalue weighted by Gasteiger charge is -2.26. The Labute approximate surface area is 185 Å². The fraction of sp³-hybridized carbons (Fsp3) is 0.556. The average Bonchev–Trinajstić information content (AvgIpc) is 2.75. The maximum Gasteiger partial charge on any atom is 0.0811 e. The molecule has 3 heteroatoms. The summed E-state index contributed by atoms with van der Waals surface area (Å²) in [5.41, 5.74) is 4.91. The molecule has 0 saturated heterocycles. The molecule has 1 aliphatic carbocycles. The minimum Gasteiger partial charge on any atom is -0.393 e. The average molecular weight is 415 g/mol. The quantitative estimate of drug-likeness (QED) is 0.432. The van der Waals surface area contributed by atoms with Crippen LogP contribution in [-0.4, -0.2) is 33.6 Å². The third-order valence-electron chi connectivity index (χ3n) is 5.62. The van der Waals surface area contributed by atoms with Crippen molar-refractivity contribution in [1.82, 2.24) is 0 Å². The Bertz CT molecular complexity index is 800. The fourth-order valence-electron chi connectivity index (χ4n) is 3.72. The lowest BCUT2D eigenvalue weighted by Crippen LogP contribution is -2.26. The van der Waals surface area contributed by atoms with Gasteiger partial charge in [0.15, 0.2) is 0 Å². The van der Waals surface area contributed by atoms with Crippen LogP contribution in [0.2, 0.25) is 0 Å². The summed E-state index contributed by atoms with van der Waals surface area (Å²) in [7, 11) is 0. The first-order chi connectivity index (χ1) is 15.2. The van der Waals surface area contributed by atoms with Crippen molar-refractivity contribution < 1.29 is 18.1 Å². The Kier molecular flexibility index (Phi) is 9.26. The number of allylic oxidation sites excluding steroid dienone is 3. The number of unbranched alkanes of at least 4 members (excludes halogenated alkanes) is 1. The van der Waals surface area contributed by atoms with Crippen molar-refractivity contribution in [3.63, 3.8) is 0 Å². The van der Waals surface area contributed by atoms with Crippen molar-refractivity contribution in [2.75, 3.05) is 0 Å². The normalized spacial score (nSPS) is 25.6. The van der Waals surface area contributed by atoms with Crippen LogP contribution in [0.5, 0.6) is 0 Å². The van der Waals surface area contributed by atoms with E-state index >= 15 is 0 Å². The molecule has 3 unspecified atom stereocenters. The molecule has 1 fully saturated rings. The zero-order valence-corrected chi connectivity index (χ0v) is 18.6. The predicted molar refractivity (Wildman–Crippen MR) is 126 cm³/mol. The van der Waals surface area contributed by atoms with Gasteiger partial charge in [-0.05, 0) is 73.3 Å². The van der Waals surface area contributed by atoms with Gasteiger partial charge in [-0.25, -0.2) is 0 Å². The summed E-state index contributed by atoms with van der Waals surface area (Å²) in [4.78, 5) is 0. The van der Waals surface area contributed by atoms with Crippen LogP contribution >= 0.6 is 0 Å². The molecule has 2 rings (SSSR count). The van der Waals surface area contributed by atoms with E-state index in [1.54, 1.807) is 6.92 Å². The van der Waals surface area contributed by atoms with Crippen LogP contribution < -0.4 is 0 Å². The zero-order valence-electron chi connectivity index (χ0n) is 20.6. The monoisotopic (exact) mass is 414 g/mol. The third-order valence-corrected chi connectivity index (χ3v) is 5.62. The number of benzene rings is 1. The highest BCUT2D eigenvalue weighted by Gasteiger charge is 2.24. The van der Waals surface area contributed by atoms with E-state index in [-0.39, 0.29) is 0 Å². The molecule has 3 N–H and O–H groups in total. The summed E-state index contributed by atoms with van der Waals surface area (Å²) in [6.07, 6.45) is 6.85. The highest BCUT2D eigenvalue weighted by Crippen LogP contribution is 2.30. The molecule has 1 aliphatic rings. The summed E-state index contributed by atoms with van der Waals surface area (Å²) in [5.74, 6) is 0. The zero-order chi connectivity index (χ0) is 23.7. The lowest BCUT2D eigenvalue weighted by molar-refractivity contribution is 0.0862. The van der Waals surface area contributed by atoms with Crippen LogP contribution in [0.15, 0.2) is 54.1 Å². The van der Waals surface area contributed by atoms with Gasteiger partial charge in [-0.2, -0.15) is 0 Å². The molecule has 0 spiro atoms. The minimum absolute atomic E-state index is 0.340. The Morgan fingerprint density at radius 2 is 2.10 bits per heavy atom. The molecule has 166 valence electrons.